The molecule has 1 aromatic carbocycles. The third kappa shape index (κ3) is 3.74. The van der Waals surface area contributed by atoms with E-state index < -0.39 is 11.3 Å². The average Bonchev–Trinajstić information content (AvgIpc) is 2.82. The number of hydrogen-bond donors (Lipinski definition) is 0. The van der Waals surface area contributed by atoms with Crippen LogP contribution in [0.5, 0.6) is 0 Å². The fourth-order valence-corrected chi connectivity index (χ4v) is 9.10. The molecule has 6 saturated carbocycles. The van der Waals surface area contributed by atoms with Crippen LogP contribution >= 0.6 is 0 Å². The number of carbonyl (C=O) groups excluding carboxylic acids is 3. The van der Waals surface area contributed by atoms with Crippen LogP contribution in [0.4, 0.5) is 4.39 Å². The molecule has 6 fully saturated rings. The van der Waals surface area contributed by atoms with Crippen molar-refractivity contribution in [2.45, 2.75) is 82.7 Å². The maximum Gasteiger partial charge on any atom is 0.308 e. The van der Waals surface area contributed by atoms with Crippen LogP contribution in [0.25, 0.3) is 0 Å². The van der Waals surface area contributed by atoms with Crippen molar-refractivity contribution in [2.24, 2.45) is 35.0 Å². The monoisotopic (exact) mass is 481 g/mol. The van der Waals surface area contributed by atoms with Crippen molar-refractivity contribution in [2.75, 3.05) is 7.11 Å². The molecule has 0 aliphatic heterocycles. The van der Waals surface area contributed by atoms with Crippen molar-refractivity contribution >= 4 is 17.7 Å². The number of hydrogen-bond acceptors (Lipinski definition) is 4. The smallest absolute Gasteiger partial charge is 0.308 e. The second-order valence-corrected chi connectivity index (χ2v) is 12.4. The number of amides is 1. The van der Waals surface area contributed by atoms with E-state index in [1.165, 1.54) is 38.5 Å². The molecule has 3 unspecified atom stereocenters. The fraction of sp³-hybridized carbons (Fsp3) is 0.690. The number of ether oxygens (including phenoxy) is 1. The van der Waals surface area contributed by atoms with Crippen molar-refractivity contribution in [3.8, 4) is 0 Å². The summed E-state index contributed by atoms with van der Waals surface area (Å²) in [4.78, 5) is 43.2. The van der Waals surface area contributed by atoms with Crippen LogP contribution in [-0.2, 0) is 25.7 Å². The Bertz CT molecular complexity index is 1000. The number of fused-ring (bicyclic) bond motifs is 2. The van der Waals surface area contributed by atoms with Gasteiger partial charge in [-0.2, -0.15) is 0 Å². The van der Waals surface area contributed by atoms with E-state index in [0.29, 0.717) is 37.1 Å². The predicted octanol–water partition coefficient (Wildman–Crippen LogP) is 5.06. The van der Waals surface area contributed by atoms with Crippen LogP contribution in [0.2, 0.25) is 0 Å². The summed E-state index contributed by atoms with van der Waals surface area (Å²) in [5, 5.41) is 0. The Morgan fingerprint density at radius 1 is 1.00 bits per heavy atom. The summed E-state index contributed by atoms with van der Waals surface area (Å²) in [7, 11) is 1.39. The van der Waals surface area contributed by atoms with Gasteiger partial charge in [-0.05, 0) is 99.7 Å². The van der Waals surface area contributed by atoms with E-state index in [9.17, 15) is 18.8 Å². The molecule has 0 saturated heterocycles. The van der Waals surface area contributed by atoms with E-state index in [2.05, 4.69) is 4.90 Å². The quantitative estimate of drug-likeness (QED) is 0.436. The SMILES string of the molecule is COC(=O)C1CC2CCCC(C(=O)N(Cc3ccc(F)cc3)C34CC5CC(CC(C5)C3)C4)(C1)C2=O. The Hall–Kier alpha value is -2.24. The minimum atomic E-state index is -1.14. The van der Waals surface area contributed by atoms with Gasteiger partial charge in [-0.3, -0.25) is 14.4 Å². The standard InChI is InChI=1S/C29H36FNO4/c1-35-26(33)23-12-22-3-2-8-29(16-23,25(22)32)27(34)31(17-18-4-6-24(30)7-5-18)28-13-19-9-20(14-28)11-21(10-19)15-28/h4-7,19-23H,2-3,8-17H2,1H3. The van der Waals surface area contributed by atoms with E-state index in [4.69, 9.17) is 4.74 Å². The highest BCUT2D eigenvalue weighted by Gasteiger charge is 2.61. The summed E-state index contributed by atoms with van der Waals surface area (Å²) in [6.45, 7) is 0.397. The van der Waals surface area contributed by atoms with Crippen LogP contribution in [-0.4, -0.2) is 35.2 Å². The highest BCUT2D eigenvalue weighted by Crippen LogP contribution is 2.59. The lowest BCUT2D eigenvalue weighted by Gasteiger charge is -2.62. The fourth-order valence-electron chi connectivity index (χ4n) is 9.10. The molecule has 0 radical (unpaired) electrons. The number of ketones is 1. The first-order valence-corrected chi connectivity index (χ1v) is 13.5. The predicted molar refractivity (Wildman–Crippen MR) is 127 cm³/mol. The maximum atomic E-state index is 14.8. The molecule has 6 aliphatic carbocycles. The molecule has 0 heterocycles. The topological polar surface area (TPSA) is 63.7 Å². The zero-order valence-electron chi connectivity index (χ0n) is 20.6. The summed E-state index contributed by atoms with van der Waals surface area (Å²) in [5.74, 6) is 0.657. The van der Waals surface area contributed by atoms with E-state index in [1.54, 1.807) is 12.1 Å². The zero-order valence-corrected chi connectivity index (χ0v) is 20.6. The number of nitrogens with zero attached hydrogens (tertiary/aromatic N) is 1. The molecule has 6 aliphatic rings. The first-order chi connectivity index (χ1) is 16.8. The molecule has 35 heavy (non-hydrogen) atoms. The van der Waals surface area contributed by atoms with E-state index >= 15 is 0 Å². The summed E-state index contributed by atoms with van der Waals surface area (Å²) < 4.78 is 18.8. The highest BCUT2D eigenvalue weighted by atomic mass is 19.1. The van der Waals surface area contributed by atoms with Crippen LogP contribution in [0, 0.1) is 40.8 Å². The van der Waals surface area contributed by atoms with Crippen molar-refractivity contribution in [1.29, 1.82) is 0 Å². The number of halogens is 1. The lowest BCUT2D eigenvalue weighted by atomic mass is 9.51. The zero-order chi connectivity index (χ0) is 24.4. The van der Waals surface area contributed by atoms with Gasteiger partial charge in [0, 0.05) is 18.0 Å². The van der Waals surface area contributed by atoms with Gasteiger partial charge in [-0.1, -0.05) is 18.6 Å². The van der Waals surface area contributed by atoms with Crippen molar-refractivity contribution in [3.63, 3.8) is 0 Å². The molecule has 5 nitrogen and oxygen atoms in total. The van der Waals surface area contributed by atoms with Crippen molar-refractivity contribution in [1.82, 2.24) is 4.90 Å². The Morgan fingerprint density at radius 3 is 2.23 bits per heavy atom. The number of benzene rings is 1. The van der Waals surface area contributed by atoms with Crippen molar-refractivity contribution in [3.05, 3.63) is 35.6 Å². The molecular weight excluding hydrogens is 445 g/mol. The van der Waals surface area contributed by atoms with Crippen molar-refractivity contribution < 1.29 is 23.5 Å². The highest BCUT2D eigenvalue weighted by molar-refractivity contribution is 6.08. The van der Waals surface area contributed by atoms with Gasteiger partial charge in [0.05, 0.1) is 13.0 Å². The third-order valence-corrected chi connectivity index (χ3v) is 10.2. The number of esters is 1. The first-order valence-electron chi connectivity index (χ1n) is 13.5. The Morgan fingerprint density at radius 2 is 1.63 bits per heavy atom. The number of Topliss-reactive ketones (excluding diaryl/α,β-unsaturated/α-hetero) is 1. The first kappa shape index (κ1) is 23.2. The summed E-state index contributed by atoms with van der Waals surface area (Å²) >= 11 is 0. The molecule has 0 aromatic heterocycles. The molecule has 7 rings (SSSR count). The van der Waals surface area contributed by atoms with E-state index in [1.807, 2.05) is 0 Å². The number of rotatable bonds is 5. The largest absolute Gasteiger partial charge is 0.469 e. The van der Waals surface area contributed by atoms with Gasteiger partial charge < -0.3 is 9.64 Å². The van der Waals surface area contributed by atoms with Gasteiger partial charge in [0.2, 0.25) is 5.91 Å². The van der Waals surface area contributed by atoms with Gasteiger partial charge in [0.1, 0.15) is 11.2 Å². The number of carbonyl (C=O) groups is 3. The second-order valence-electron chi connectivity index (χ2n) is 12.4. The van der Waals surface area contributed by atoms with Gasteiger partial charge in [-0.25, -0.2) is 4.39 Å². The summed E-state index contributed by atoms with van der Waals surface area (Å²) in [5.41, 5.74) is -0.476. The van der Waals surface area contributed by atoms with Crippen LogP contribution in [0.3, 0.4) is 0 Å². The van der Waals surface area contributed by atoms with Crippen LogP contribution < -0.4 is 0 Å². The molecule has 6 heteroatoms. The second kappa shape index (κ2) is 8.41. The molecule has 1 amide bonds. The van der Waals surface area contributed by atoms with E-state index in [0.717, 1.165) is 37.7 Å². The lowest BCUT2D eigenvalue weighted by Crippen LogP contribution is -2.66. The third-order valence-electron chi connectivity index (χ3n) is 10.2. The molecule has 0 spiro atoms. The molecule has 3 atom stereocenters. The van der Waals surface area contributed by atoms with Gasteiger partial charge >= 0.3 is 5.97 Å². The average molecular weight is 482 g/mol. The number of methoxy groups -OCH3 is 1. The normalized spacial score (nSPS) is 39.4. The van der Waals surface area contributed by atoms with Gasteiger partial charge in [0.15, 0.2) is 5.78 Å². The minimum Gasteiger partial charge on any atom is -0.469 e. The maximum absolute atomic E-state index is 14.8. The van der Waals surface area contributed by atoms with Gasteiger partial charge in [-0.15, -0.1) is 0 Å². The molecular formula is C29H36FNO4. The summed E-state index contributed by atoms with van der Waals surface area (Å²) in [6, 6.07) is 6.42. The Labute approximate surface area is 206 Å². The van der Waals surface area contributed by atoms with Gasteiger partial charge in [0.25, 0.3) is 0 Å². The molecule has 188 valence electrons. The minimum absolute atomic E-state index is 0.0442. The van der Waals surface area contributed by atoms with Crippen LogP contribution in [0.1, 0.15) is 76.2 Å². The molecule has 6 bridgehead atoms. The lowest BCUT2D eigenvalue weighted by molar-refractivity contribution is -0.175. The summed E-state index contributed by atoms with van der Waals surface area (Å²) in [6.07, 6.45) is 9.63. The van der Waals surface area contributed by atoms with Crippen LogP contribution in [0.15, 0.2) is 24.3 Å². The molecule has 0 N–H and O–H groups in total. The Balaban J connectivity index is 1.40. The molecule has 1 aromatic rings. The Kier molecular flexibility index (Phi) is 5.57. The van der Waals surface area contributed by atoms with E-state index in [-0.39, 0.29) is 41.4 Å².